The van der Waals surface area contributed by atoms with E-state index in [-0.39, 0.29) is 59.0 Å². The third kappa shape index (κ3) is 8.93. The number of aromatic amines is 1. The summed E-state index contributed by atoms with van der Waals surface area (Å²) in [5, 5.41) is 30.5. The molecule has 0 spiro atoms. The fourth-order valence-corrected chi connectivity index (χ4v) is 5.63. The van der Waals surface area contributed by atoms with Crippen LogP contribution in [0.1, 0.15) is 16.8 Å². The second-order valence-corrected chi connectivity index (χ2v) is 12.1. The number of aromatic nitrogens is 2. The number of methoxy groups -OCH3 is 1. The number of hydrogen-bond acceptors (Lipinski definition) is 11. The van der Waals surface area contributed by atoms with Crippen molar-refractivity contribution in [1.29, 1.82) is 5.26 Å². The second kappa shape index (κ2) is 16.4. The lowest BCUT2D eigenvalue weighted by Crippen LogP contribution is -2.14. The van der Waals surface area contributed by atoms with E-state index in [2.05, 4.69) is 24.8 Å². The first-order valence-corrected chi connectivity index (χ1v) is 16.9. The van der Waals surface area contributed by atoms with Crippen molar-refractivity contribution in [2.24, 2.45) is 10.2 Å². The minimum Gasteiger partial charge on any atom is -0.506 e. The molecule has 258 valence electrons. The molecule has 0 bridgehead atoms. The SMILES string of the molecule is COCCOc1ccc(NS(=O)Oc2ccc(N=Nc3c(C#N)[nH]n(-c4ccccc4)c3=O)cc2)cc1OS(=O)Nc1cc(C)c(C)cc1O. The highest BCUT2D eigenvalue weighted by Crippen LogP contribution is 2.33. The fraction of sp³-hybridized carbons (Fsp3) is 0.152. The van der Waals surface area contributed by atoms with Gasteiger partial charge in [-0.3, -0.25) is 19.3 Å². The number of nitriles is 1. The predicted octanol–water partition coefficient (Wildman–Crippen LogP) is 5.94. The number of aromatic hydroxyl groups is 1. The van der Waals surface area contributed by atoms with Crippen LogP contribution >= 0.6 is 0 Å². The maximum absolute atomic E-state index is 12.9. The van der Waals surface area contributed by atoms with Crippen LogP contribution in [-0.2, 0) is 27.3 Å². The van der Waals surface area contributed by atoms with Crippen molar-refractivity contribution in [3.63, 3.8) is 0 Å². The van der Waals surface area contributed by atoms with Gasteiger partial charge in [0.2, 0.25) is 0 Å². The molecule has 4 aromatic carbocycles. The van der Waals surface area contributed by atoms with E-state index in [0.29, 0.717) is 11.4 Å². The summed E-state index contributed by atoms with van der Waals surface area (Å²) >= 11 is -4.24. The van der Waals surface area contributed by atoms with Gasteiger partial charge in [-0.1, -0.05) is 18.2 Å². The molecule has 1 aromatic heterocycles. The molecule has 0 radical (unpaired) electrons. The number of nitrogens with zero attached hydrogens (tertiary/aromatic N) is 4. The molecule has 0 aliphatic heterocycles. The van der Waals surface area contributed by atoms with E-state index in [9.17, 15) is 23.6 Å². The van der Waals surface area contributed by atoms with Gasteiger partial charge in [-0.15, -0.1) is 5.11 Å². The highest BCUT2D eigenvalue weighted by Gasteiger charge is 2.17. The van der Waals surface area contributed by atoms with Gasteiger partial charge in [0, 0.05) is 13.2 Å². The third-order valence-electron chi connectivity index (χ3n) is 6.93. The zero-order valence-corrected chi connectivity index (χ0v) is 28.5. The molecule has 1 heterocycles. The number of aryl methyl sites for hydroxylation is 2. The van der Waals surface area contributed by atoms with Crippen LogP contribution in [0.3, 0.4) is 0 Å². The number of H-pyrrole nitrogens is 1. The molecular weight excluding hydrogens is 687 g/mol. The number of phenols is 1. The predicted molar refractivity (Wildman–Crippen MR) is 188 cm³/mol. The minimum absolute atomic E-state index is 0.0458. The molecule has 15 nitrogen and oxygen atoms in total. The van der Waals surface area contributed by atoms with Crippen molar-refractivity contribution in [2.75, 3.05) is 29.8 Å². The molecule has 0 amide bonds. The number of azo groups is 1. The summed E-state index contributed by atoms with van der Waals surface area (Å²) in [7, 11) is 1.52. The quantitative estimate of drug-likeness (QED) is 0.0574. The molecule has 5 rings (SSSR count). The maximum atomic E-state index is 12.9. The number of ether oxygens (including phenoxy) is 2. The van der Waals surface area contributed by atoms with Gasteiger partial charge in [-0.2, -0.15) is 18.8 Å². The number of phenolic OH excluding ortho intramolecular Hbond substituents is 1. The van der Waals surface area contributed by atoms with Gasteiger partial charge >= 0.3 is 22.5 Å². The summed E-state index contributed by atoms with van der Waals surface area (Å²) in [5.41, 5.74) is 2.38. The molecule has 0 aliphatic carbocycles. The van der Waals surface area contributed by atoms with Gasteiger partial charge in [0.1, 0.15) is 24.2 Å². The monoisotopic (exact) mass is 717 g/mol. The Morgan fingerprint density at radius 3 is 2.32 bits per heavy atom. The summed E-state index contributed by atoms with van der Waals surface area (Å²) in [5.74, 6) is 0.408. The average Bonchev–Trinajstić information content (AvgIpc) is 3.43. The van der Waals surface area contributed by atoms with Crippen LogP contribution in [0.4, 0.5) is 22.7 Å². The van der Waals surface area contributed by atoms with E-state index < -0.39 is 28.1 Å². The first-order valence-electron chi connectivity index (χ1n) is 14.8. The number of nitrogens with one attached hydrogen (secondary N) is 3. The fourth-order valence-electron chi connectivity index (χ4n) is 4.30. The first-order chi connectivity index (χ1) is 24.1. The van der Waals surface area contributed by atoms with Gasteiger partial charge in [0.05, 0.1) is 29.4 Å². The van der Waals surface area contributed by atoms with Crippen LogP contribution < -0.4 is 28.1 Å². The number of benzene rings is 4. The van der Waals surface area contributed by atoms with E-state index in [1.807, 2.05) is 19.9 Å². The molecule has 4 N–H and O–H groups in total. The molecule has 5 aromatic rings. The molecule has 0 saturated carbocycles. The highest BCUT2D eigenvalue weighted by atomic mass is 32.2. The number of rotatable bonds is 15. The Morgan fingerprint density at radius 1 is 0.880 bits per heavy atom. The van der Waals surface area contributed by atoms with E-state index in [1.54, 1.807) is 48.5 Å². The lowest BCUT2D eigenvalue weighted by Gasteiger charge is -2.15. The lowest BCUT2D eigenvalue weighted by atomic mass is 10.1. The van der Waals surface area contributed by atoms with Crippen molar-refractivity contribution in [1.82, 2.24) is 9.78 Å². The van der Waals surface area contributed by atoms with Crippen LogP contribution in [0, 0.1) is 25.2 Å². The van der Waals surface area contributed by atoms with Crippen LogP contribution in [-0.4, -0.2) is 43.6 Å². The molecule has 0 aliphatic rings. The summed E-state index contributed by atoms with van der Waals surface area (Å²) in [6.45, 7) is 4.16. The van der Waals surface area contributed by atoms with Gasteiger partial charge in [-0.25, -0.2) is 4.68 Å². The summed E-state index contributed by atoms with van der Waals surface area (Å²) in [6, 6.07) is 24.4. The molecule has 50 heavy (non-hydrogen) atoms. The molecule has 2 unspecified atom stereocenters. The molecule has 0 fully saturated rings. The highest BCUT2D eigenvalue weighted by molar-refractivity contribution is 7.82. The zero-order valence-electron chi connectivity index (χ0n) is 26.9. The summed E-state index contributed by atoms with van der Waals surface area (Å²) in [6.07, 6.45) is 0. The van der Waals surface area contributed by atoms with Gasteiger partial charge in [0.15, 0.2) is 22.9 Å². The Labute approximate surface area is 291 Å². The van der Waals surface area contributed by atoms with E-state index in [4.69, 9.17) is 17.8 Å². The average molecular weight is 718 g/mol. The topological polar surface area (TPSA) is 202 Å². The summed E-state index contributed by atoms with van der Waals surface area (Å²) in [4.78, 5) is 12.9. The van der Waals surface area contributed by atoms with Crippen LogP contribution in [0.2, 0.25) is 0 Å². The van der Waals surface area contributed by atoms with Crippen LogP contribution in [0.5, 0.6) is 23.0 Å². The van der Waals surface area contributed by atoms with Crippen molar-refractivity contribution in [3.8, 4) is 34.8 Å². The number of para-hydroxylation sites is 1. The standard InChI is InChI=1S/C33H31N7O8S2/c1-21-17-27(29(41)18-22(21)2)39-50(44)48-31-19-24(11-14-30(31)46-16-15-45-3)38-49(43)47-26-12-9-23(10-13-26)35-36-32-28(20-34)37-40(33(32)42)25-7-5-4-6-8-25/h4-14,17-19,37-39,41H,15-16H2,1-3H3. The maximum Gasteiger partial charge on any atom is 0.316 e. The Morgan fingerprint density at radius 2 is 1.60 bits per heavy atom. The Kier molecular flexibility index (Phi) is 11.6. The van der Waals surface area contributed by atoms with Gasteiger partial charge < -0.3 is 22.9 Å². The largest absolute Gasteiger partial charge is 0.506 e. The van der Waals surface area contributed by atoms with Crippen LogP contribution in [0.15, 0.2) is 100.0 Å². The number of anilines is 2. The van der Waals surface area contributed by atoms with Crippen molar-refractivity contribution in [3.05, 3.63) is 112 Å². The third-order valence-corrected chi connectivity index (χ3v) is 8.39. The first kappa shape index (κ1) is 35.3. The molecular formula is C33H31N7O8S2. The minimum atomic E-state index is -2.15. The smallest absolute Gasteiger partial charge is 0.316 e. The number of hydrogen-bond donors (Lipinski definition) is 4. The Balaban J connectivity index is 1.24. The zero-order chi connectivity index (χ0) is 35.6. The van der Waals surface area contributed by atoms with E-state index in [1.165, 1.54) is 48.2 Å². The Bertz CT molecular complexity index is 2150. The summed E-state index contributed by atoms with van der Waals surface area (Å²) < 4.78 is 54.1. The van der Waals surface area contributed by atoms with Crippen molar-refractivity contribution in [2.45, 2.75) is 13.8 Å². The second-order valence-electron chi connectivity index (χ2n) is 10.4. The van der Waals surface area contributed by atoms with E-state index in [0.717, 1.165) is 11.1 Å². The van der Waals surface area contributed by atoms with Crippen LogP contribution in [0.25, 0.3) is 5.69 Å². The van der Waals surface area contributed by atoms with E-state index >= 15 is 0 Å². The molecule has 0 saturated heterocycles. The van der Waals surface area contributed by atoms with Crippen molar-refractivity contribution < 1.29 is 31.4 Å². The van der Waals surface area contributed by atoms with Gasteiger partial charge in [-0.05, 0) is 85.6 Å². The normalized spacial score (nSPS) is 12.2. The van der Waals surface area contributed by atoms with Gasteiger partial charge in [0.25, 0.3) is 5.56 Å². The van der Waals surface area contributed by atoms with Crippen molar-refractivity contribution >= 4 is 45.3 Å². The molecule has 17 heteroatoms. The Hall–Kier alpha value is -5.96. The lowest BCUT2D eigenvalue weighted by molar-refractivity contribution is 0.145. The molecule has 2 atom stereocenters.